The Balaban J connectivity index is 0.00000336. The molecule has 0 bridgehead atoms. The molecule has 1 atom stereocenters. The number of hydrogen-bond acceptors (Lipinski definition) is 7. The minimum Gasteiger partial charge on any atom is -0.369 e. The average Bonchev–Trinajstić information content (AvgIpc) is 3.35. The Hall–Kier alpha value is -4.05. The number of carbonyl (C=O) groups is 1. The van der Waals surface area contributed by atoms with E-state index in [1.165, 1.54) is 0 Å². The first-order chi connectivity index (χ1) is 17.8. The van der Waals surface area contributed by atoms with Gasteiger partial charge in [-0.2, -0.15) is 18.6 Å². The van der Waals surface area contributed by atoms with E-state index in [-0.39, 0.29) is 30.9 Å². The molecular weight excluding hydrogens is 496 g/mol. The van der Waals surface area contributed by atoms with Crippen LogP contribution >= 0.6 is 13.5 Å². The van der Waals surface area contributed by atoms with Gasteiger partial charge in [0.1, 0.15) is 12.1 Å². The first-order valence-corrected chi connectivity index (χ1v) is 12.3. The van der Waals surface area contributed by atoms with Crippen LogP contribution in [-0.2, 0) is 5.54 Å². The van der Waals surface area contributed by atoms with Crippen molar-refractivity contribution >= 4 is 47.2 Å². The molecule has 1 aromatic carbocycles. The van der Waals surface area contributed by atoms with E-state index < -0.39 is 0 Å². The van der Waals surface area contributed by atoms with E-state index in [0.717, 1.165) is 44.6 Å². The number of amides is 1. The molecule has 5 rings (SSSR count). The summed E-state index contributed by atoms with van der Waals surface area (Å²) >= 11 is 0. The van der Waals surface area contributed by atoms with E-state index in [1.807, 2.05) is 35.3 Å². The second kappa shape index (κ2) is 10.7. The Morgan fingerprint density at radius 2 is 1.87 bits per heavy atom. The number of aromatic nitrogens is 6. The second-order valence-electron chi connectivity index (χ2n) is 10.1. The Labute approximate surface area is 228 Å². The fraction of sp³-hybridized carbons (Fsp3) is 0.286. The number of para-hydroxylation sites is 1. The van der Waals surface area contributed by atoms with Crippen LogP contribution in [0.5, 0.6) is 0 Å². The molecule has 0 radical (unpaired) electrons. The van der Waals surface area contributed by atoms with Crippen molar-refractivity contribution in [2.24, 2.45) is 0 Å². The fourth-order valence-electron chi connectivity index (χ4n) is 4.46. The average molecular weight is 529 g/mol. The first-order valence-electron chi connectivity index (χ1n) is 12.3. The zero-order chi connectivity index (χ0) is 26.2. The van der Waals surface area contributed by atoms with Gasteiger partial charge in [-0.3, -0.25) is 9.78 Å². The van der Waals surface area contributed by atoms with E-state index in [2.05, 4.69) is 75.5 Å². The monoisotopic (exact) mass is 528 g/mol. The molecule has 0 aliphatic carbocycles. The van der Waals surface area contributed by atoms with E-state index in [0.29, 0.717) is 12.1 Å². The van der Waals surface area contributed by atoms with Crippen LogP contribution in [-0.4, -0.2) is 49.2 Å². The van der Waals surface area contributed by atoms with Gasteiger partial charge in [-0.1, -0.05) is 25.1 Å². The van der Waals surface area contributed by atoms with Crippen molar-refractivity contribution in [1.82, 2.24) is 35.0 Å². The van der Waals surface area contributed by atoms with Crippen molar-refractivity contribution in [3.63, 3.8) is 0 Å². The molecule has 0 unspecified atom stereocenters. The van der Waals surface area contributed by atoms with Crippen LogP contribution in [0.2, 0.25) is 0 Å². The maximum Gasteiger partial charge on any atom is 0.251 e. The Kier molecular flexibility index (Phi) is 7.63. The maximum absolute atomic E-state index is 12.3. The van der Waals surface area contributed by atoms with Crippen molar-refractivity contribution < 1.29 is 4.79 Å². The van der Waals surface area contributed by atoms with Gasteiger partial charge >= 0.3 is 0 Å². The minimum atomic E-state index is -0.150. The van der Waals surface area contributed by atoms with Crippen LogP contribution in [0, 0.1) is 0 Å². The normalized spacial score (nSPS) is 12.2. The van der Waals surface area contributed by atoms with Crippen molar-refractivity contribution in [3.05, 3.63) is 72.4 Å². The summed E-state index contributed by atoms with van der Waals surface area (Å²) in [5.41, 5.74) is 4.90. The number of benzene rings is 1. The van der Waals surface area contributed by atoms with E-state index >= 15 is 0 Å². The summed E-state index contributed by atoms with van der Waals surface area (Å²) < 4.78 is 1.93. The van der Waals surface area contributed by atoms with Crippen LogP contribution in [0.4, 0.5) is 5.82 Å². The zero-order valence-electron chi connectivity index (χ0n) is 22.1. The molecule has 196 valence electrons. The molecule has 1 amide bonds. The molecule has 0 saturated heterocycles. The highest BCUT2D eigenvalue weighted by Gasteiger charge is 2.19. The van der Waals surface area contributed by atoms with Crippen LogP contribution in [0.3, 0.4) is 0 Å². The van der Waals surface area contributed by atoms with Crippen LogP contribution in [0.1, 0.15) is 49.5 Å². The van der Waals surface area contributed by atoms with Gasteiger partial charge in [0.2, 0.25) is 0 Å². The number of nitrogens with zero attached hydrogens (tertiary/aromatic N) is 6. The number of carbonyl (C=O) groups excluding carboxylic acids is 1. The van der Waals surface area contributed by atoms with Gasteiger partial charge in [0.05, 0.1) is 28.5 Å². The smallest absolute Gasteiger partial charge is 0.251 e. The number of fused-ring (bicyclic) bond motifs is 2. The highest BCUT2D eigenvalue weighted by atomic mass is 32.1. The molecule has 9 nitrogen and oxygen atoms in total. The lowest BCUT2D eigenvalue weighted by Crippen LogP contribution is -2.23. The van der Waals surface area contributed by atoms with Gasteiger partial charge in [-0.25, -0.2) is 19.6 Å². The Bertz CT molecular complexity index is 1610. The van der Waals surface area contributed by atoms with Crippen molar-refractivity contribution in [2.75, 3.05) is 18.9 Å². The van der Waals surface area contributed by atoms with Crippen LogP contribution in [0.15, 0.2) is 61.3 Å². The lowest BCUT2D eigenvalue weighted by atomic mass is 9.96. The third-order valence-electron chi connectivity index (χ3n) is 6.40. The van der Waals surface area contributed by atoms with Gasteiger partial charge < -0.3 is 10.6 Å². The predicted molar refractivity (Wildman–Crippen MR) is 156 cm³/mol. The molecule has 4 aromatic heterocycles. The molecule has 2 N–H and O–H groups in total. The molecule has 0 saturated carbocycles. The van der Waals surface area contributed by atoms with Gasteiger partial charge in [0, 0.05) is 54.3 Å². The van der Waals surface area contributed by atoms with Gasteiger partial charge in [-0.05, 0) is 38.5 Å². The van der Waals surface area contributed by atoms with Crippen LogP contribution < -0.4 is 10.6 Å². The summed E-state index contributed by atoms with van der Waals surface area (Å²) in [4.78, 5) is 30.4. The number of hydrogen-bond donors (Lipinski definition) is 2. The molecule has 0 spiro atoms. The minimum absolute atomic E-state index is 0. The highest BCUT2D eigenvalue weighted by molar-refractivity contribution is 7.59. The Morgan fingerprint density at radius 3 is 2.63 bits per heavy atom. The van der Waals surface area contributed by atoms with Crippen molar-refractivity contribution in [3.8, 4) is 11.3 Å². The lowest BCUT2D eigenvalue weighted by Gasteiger charge is -2.19. The van der Waals surface area contributed by atoms with Crippen molar-refractivity contribution in [2.45, 2.75) is 39.2 Å². The molecule has 5 aromatic rings. The highest BCUT2D eigenvalue weighted by Crippen LogP contribution is 2.28. The fourth-order valence-corrected chi connectivity index (χ4v) is 4.46. The molecule has 0 aliphatic rings. The summed E-state index contributed by atoms with van der Waals surface area (Å²) in [7, 11) is 1.63. The predicted octanol–water partition coefficient (Wildman–Crippen LogP) is 4.88. The first kappa shape index (κ1) is 27.0. The second-order valence-corrected chi connectivity index (χ2v) is 10.1. The summed E-state index contributed by atoms with van der Waals surface area (Å²) in [6.07, 6.45) is 6.91. The summed E-state index contributed by atoms with van der Waals surface area (Å²) in [5.74, 6) is 0.722. The molecule has 38 heavy (non-hydrogen) atoms. The molecule has 4 heterocycles. The van der Waals surface area contributed by atoms with E-state index in [4.69, 9.17) is 0 Å². The molecule has 0 aliphatic heterocycles. The summed E-state index contributed by atoms with van der Waals surface area (Å²) in [5, 5.41) is 12.5. The quantitative estimate of drug-likeness (QED) is 0.323. The lowest BCUT2D eigenvalue weighted by molar-refractivity contribution is 0.0964. The number of nitrogens with one attached hydrogen (secondary N) is 2. The van der Waals surface area contributed by atoms with E-state index in [9.17, 15) is 4.79 Å². The van der Waals surface area contributed by atoms with Crippen molar-refractivity contribution in [1.29, 1.82) is 0 Å². The largest absolute Gasteiger partial charge is 0.369 e. The van der Waals surface area contributed by atoms with Gasteiger partial charge in [-0.15, -0.1) is 0 Å². The number of anilines is 1. The number of pyridine rings is 2. The molecular formula is C28H32N8OS. The number of rotatable bonds is 6. The third kappa shape index (κ3) is 5.17. The summed E-state index contributed by atoms with van der Waals surface area (Å²) in [6.45, 7) is 9.08. The summed E-state index contributed by atoms with van der Waals surface area (Å²) in [6, 6.07) is 11.7. The Morgan fingerprint density at radius 1 is 1.05 bits per heavy atom. The topological polar surface area (TPSA) is 111 Å². The van der Waals surface area contributed by atoms with Crippen LogP contribution in [0.25, 0.3) is 33.2 Å². The van der Waals surface area contributed by atoms with Gasteiger partial charge in [0.15, 0.2) is 5.65 Å². The SMILES string of the molecule is CNC(=O)c1ccnc2c([C@H](C)CNc3cc(-c4cnc5c(cnn5C(C)(C)C)c4)ncn3)cccc12.S. The third-order valence-corrected chi connectivity index (χ3v) is 6.40. The molecule has 10 heteroatoms. The standard InChI is InChI=1S/C28H30N8O.H2S/c1-17(20-7-6-8-21-22(27(37)29-5)9-10-30-25(20)21)13-31-24-12-23(33-16-34-24)18-11-19-15-35-36(28(2,3)4)26(19)32-14-18;/h6-12,14-17H,13H2,1-5H3,(H,29,37)(H,31,33,34);1H2/t17-;/m1./s1. The maximum atomic E-state index is 12.3. The van der Waals surface area contributed by atoms with E-state index in [1.54, 1.807) is 25.6 Å². The zero-order valence-corrected chi connectivity index (χ0v) is 23.1. The van der Waals surface area contributed by atoms with Gasteiger partial charge in [0.25, 0.3) is 5.91 Å². The molecule has 0 fully saturated rings.